The number of pyridine rings is 1. The monoisotopic (exact) mass is 343 g/mol. The first-order chi connectivity index (χ1) is 9.95. The van der Waals surface area contributed by atoms with Gasteiger partial charge >= 0.3 is 5.97 Å². The van der Waals surface area contributed by atoms with Crippen LogP contribution < -0.4 is 4.74 Å². The van der Waals surface area contributed by atoms with Crippen LogP contribution in [-0.4, -0.2) is 20.9 Å². The lowest BCUT2D eigenvalue weighted by Crippen LogP contribution is -2.04. The van der Waals surface area contributed by atoms with Crippen LogP contribution in [0.4, 0.5) is 0 Å². The van der Waals surface area contributed by atoms with Gasteiger partial charge in [0.2, 0.25) is 5.88 Å². The standard InChI is InChI=1S/C13H11Cl2N3O2S/c1-7-3-12(20-8(2)19)18-13(17-7)21-6-9-10(14)4-16-5-11(9)15/h3-5H,6H2,1-2H3. The summed E-state index contributed by atoms with van der Waals surface area (Å²) < 4.78 is 4.97. The number of hydrogen-bond acceptors (Lipinski definition) is 6. The van der Waals surface area contributed by atoms with Gasteiger partial charge in [-0.25, -0.2) is 4.98 Å². The molecule has 5 nitrogen and oxygen atoms in total. The van der Waals surface area contributed by atoms with Crippen molar-refractivity contribution in [2.75, 3.05) is 0 Å². The number of aryl methyl sites for hydroxylation is 1. The fourth-order valence-corrected chi connectivity index (χ4v) is 3.09. The van der Waals surface area contributed by atoms with Gasteiger partial charge in [0.05, 0.1) is 10.0 Å². The molecule has 8 heteroatoms. The van der Waals surface area contributed by atoms with Crippen LogP contribution in [-0.2, 0) is 10.5 Å². The van der Waals surface area contributed by atoms with E-state index in [1.807, 2.05) is 0 Å². The summed E-state index contributed by atoms with van der Waals surface area (Å²) in [6, 6.07) is 1.60. The minimum Gasteiger partial charge on any atom is -0.407 e. The van der Waals surface area contributed by atoms with Crippen LogP contribution in [0, 0.1) is 6.92 Å². The quantitative estimate of drug-likeness (QED) is 0.479. The third-order valence-electron chi connectivity index (χ3n) is 2.36. The van der Waals surface area contributed by atoms with Crippen LogP contribution in [0.1, 0.15) is 18.2 Å². The van der Waals surface area contributed by atoms with Gasteiger partial charge in [-0.1, -0.05) is 35.0 Å². The highest BCUT2D eigenvalue weighted by Crippen LogP contribution is 2.30. The van der Waals surface area contributed by atoms with Crippen molar-refractivity contribution in [2.45, 2.75) is 24.8 Å². The summed E-state index contributed by atoms with van der Waals surface area (Å²) in [6.07, 6.45) is 3.06. The van der Waals surface area contributed by atoms with Crippen molar-refractivity contribution < 1.29 is 9.53 Å². The highest BCUT2D eigenvalue weighted by molar-refractivity contribution is 7.98. The molecule has 0 aliphatic rings. The summed E-state index contributed by atoms with van der Waals surface area (Å²) in [7, 11) is 0. The van der Waals surface area contributed by atoms with Crippen molar-refractivity contribution in [1.29, 1.82) is 0 Å². The second kappa shape index (κ2) is 7.06. The Morgan fingerprint density at radius 2 is 1.95 bits per heavy atom. The maximum atomic E-state index is 11.0. The number of carbonyl (C=O) groups is 1. The van der Waals surface area contributed by atoms with E-state index >= 15 is 0 Å². The van der Waals surface area contributed by atoms with Crippen LogP contribution in [0.2, 0.25) is 10.0 Å². The lowest BCUT2D eigenvalue weighted by Gasteiger charge is -2.07. The van der Waals surface area contributed by atoms with Crippen molar-refractivity contribution in [2.24, 2.45) is 0 Å². The predicted molar refractivity (Wildman–Crippen MR) is 81.9 cm³/mol. The number of carbonyl (C=O) groups excluding carboxylic acids is 1. The fraction of sp³-hybridized carbons (Fsp3) is 0.231. The third-order valence-corrected chi connectivity index (χ3v) is 3.88. The van der Waals surface area contributed by atoms with E-state index in [0.717, 1.165) is 5.56 Å². The molecule has 0 amide bonds. The Balaban J connectivity index is 2.16. The average Bonchev–Trinajstić information content (AvgIpc) is 2.36. The van der Waals surface area contributed by atoms with Crippen molar-refractivity contribution in [3.05, 3.63) is 39.8 Å². The molecular formula is C13H11Cl2N3O2S. The molecule has 0 bridgehead atoms. The summed E-state index contributed by atoms with van der Waals surface area (Å²) in [6.45, 7) is 3.12. The van der Waals surface area contributed by atoms with Gasteiger partial charge in [0.1, 0.15) is 0 Å². The SMILES string of the molecule is CC(=O)Oc1cc(C)nc(SCc2c(Cl)cncc2Cl)n1. The number of aromatic nitrogens is 3. The molecule has 21 heavy (non-hydrogen) atoms. The second-order valence-corrected chi connectivity index (χ2v) is 5.85. The predicted octanol–water partition coefficient (Wildman–Crippen LogP) is 3.70. The van der Waals surface area contributed by atoms with E-state index in [1.54, 1.807) is 13.0 Å². The topological polar surface area (TPSA) is 65.0 Å². The summed E-state index contributed by atoms with van der Waals surface area (Å²) in [5, 5.41) is 1.46. The van der Waals surface area contributed by atoms with Crippen LogP contribution in [0.3, 0.4) is 0 Å². The Kier molecular flexibility index (Phi) is 5.39. The molecule has 0 aliphatic heterocycles. The molecule has 2 aromatic rings. The van der Waals surface area contributed by atoms with Gasteiger partial charge in [-0.2, -0.15) is 4.98 Å². The van der Waals surface area contributed by atoms with Crippen LogP contribution in [0.15, 0.2) is 23.6 Å². The Hall–Kier alpha value is -1.37. The minimum atomic E-state index is -0.427. The normalized spacial score (nSPS) is 10.5. The zero-order chi connectivity index (χ0) is 15.4. The first-order valence-electron chi connectivity index (χ1n) is 5.90. The molecule has 0 unspecified atom stereocenters. The Morgan fingerprint density at radius 1 is 1.29 bits per heavy atom. The van der Waals surface area contributed by atoms with Gasteiger partial charge in [0.25, 0.3) is 0 Å². The van der Waals surface area contributed by atoms with E-state index in [-0.39, 0.29) is 5.88 Å². The summed E-state index contributed by atoms with van der Waals surface area (Å²) in [4.78, 5) is 23.3. The number of thioether (sulfide) groups is 1. The summed E-state index contributed by atoms with van der Waals surface area (Å²) >= 11 is 13.5. The van der Waals surface area contributed by atoms with Crippen molar-refractivity contribution in [3.8, 4) is 5.88 Å². The molecule has 2 aromatic heterocycles. The molecule has 0 atom stereocenters. The van der Waals surface area contributed by atoms with E-state index < -0.39 is 5.97 Å². The Morgan fingerprint density at radius 3 is 2.57 bits per heavy atom. The number of esters is 1. The molecule has 2 heterocycles. The molecule has 0 radical (unpaired) electrons. The van der Waals surface area contributed by atoms with Crippen LogP contribution in [0.5, 0.6) is 5.88 Å². The molecule has 2 rings (SSSR count). The van der Waals surface area contributed by atoms with Gasteiger partial charge in [-0.3, -0.25) is 9.78 Å². The van der Waals surface area contributed by atoms with Gasteiger partial charge < -0.3 is 4.74 Å². The number of nitrogens with zero attached hydrogens (tertiary/aromatic N) is 3. The zero-order valence-corrected chi connectivity index (χ0v) is 13.6. The minimum absolute atomic E-state index is 0.226. The molecule has 0 saturated carbocycles. The molecule has 0 saturated heterocycles. The average molecular weight is 344 g/mol. The largest absolute Gasteiger partial charge is 0.407 e. The van der Waals surface area contributed by atoms with E-state index in [9.17, 15) is 4.79 Å². The van der Waals surface area contributed by atoms with Gasteiger partial charge in [0, 0.05) is 42.4 Å². The first-order valence-corrected chi connectivity index (χ1v) is 7.64. The summed E-state index contributed by atoms with van der Waals surface area (Å²) in [5.41, 5.74) is 1.47. The van der Waals surface area contributed by atoms with Crippen molar-refractivity contribution in [3.63, 3.8) is 0 Å². The van der Waals surface area contributed by atoms with Crippen molar-refractivity contribution >= 4 is 40.9 Å². The Labute approximate surface area is 136 Å². The number of hydrogen-bond donors (Lipinski definition) is 0. The van der Waals surface area contributed by atoms with Gasteiger partial charge in [-0.05, 0) is 6.92 Å². The highest BCUT2D eigenvalue weighted by Gasteiger charge is 2.10. The molecule has 0 fully saturated rings. The lowest BCUT2D eigenvalue weighted by atomic mass is 10.3. The van der Waals surface area contributed by atoms with E-state index in [1.165, 1.54) is 31.1 Å². The van der Waals surface area contributed by atoms with E-state index in [4.69, 9.17) is 27.9 Å². The second-order valence-electron chi connectivity index (χ2n) is 4.09. The lowest BCUT2D eigenvalue weighted by molar-refractivity contribution is -0.132. The van der Waals surface area contributed by atoms with Crippen LogP contribution >= 0.6 is 35.0 Å². The smallest absolute Gasteiger partial charge is 0.309 e. The first kappa shape index (κ1) is 16.0. The number of ether oxygens (including phenoxy) is 1. The molecule has 0 aliphatic carbocycles. The maximum absolute atomic E-state index is 11.0. The zero-order valence-electron chi connectivity index (χ0n) is 11.3. The number of rotatable bonds is 4. The third kappa shape index (κ3) is 4.56. The molecule has 110 valence electrons. The van der Waals surface area contributed by atoms with Crippen LogP contribution in [0.25, 0.3) is 0 Å². The van der Waals surface area contributed by atoms with Crippen molar-refractivity contribution in [1.82, 2.24) is 15.0 Å². The number of halogens is 2. The molecular weight excluding hydrogens is 333 g/mol. The maximum Gasteiger partial charge on any atom is 0.309 e. The molecule has 0 N–H and O–H groups in total. The van der Waals surface area contributed by atoms with E-state index in [0.29, 0.717) is 26.6 Å². The van der Waals surface area contributed by atoms with Gasteiger partial charge in [-0.15, -0.1) is 0 Å². The molecule has 0 aromatic carbocycles. The fourth-order valence-electron chi connectivity index (χ4n) is 1.49. The highest BCUT2D eigenvalue weighted by atomic mass is 35.5. The Bertz CT molecular complexity index is 662. The summed E-state index contributed by atoms with van der Waals surface area (Å²) in [5.74, 6) is 0.289. The van der Waals surface area contributed by atoms with Gasteiger partial charge in [0.15, 0.2) is 5.16 Å². The molecule has 0 spiro atoms. The van der Waals surface area contributed by atoms with E-state index in [2.05, 4.69) is 15.0 Å².